The van der Waals surface area contributed by atoms with Crippen molar-refractivity contribution >= 4 is 5.69 Å². The van der Waals surface area contributed by atoms with Crippen LogP contribution < -0.4 is 0 Å². The van der Waals surface area contributed by atoms with E-state index in [0.717, 1.165) is 24.3 Å². The summed E-state index contributed by atoms with van der Waals surface area (Å²) in [6.45, 7) is -0.836. The van der Waals surface area contributed by atoms with Gasteiger partial charge >= 0.3 is 5.92 Å². The van der Waals surface area contributed by atoms with Crippen LogP contribution >= 0.6 is 0 Å². The maximum absolute atomic E-state index is 14.5. The topological polar surface area (TPSA) is 133 Å². The van der Waals surface area contributed by atoms with Crippen molar-refractivity contribution in [2.45, 2.75) is 36.4 Å². The zero-order valence-corrected chi connectivity index (χ0v) is 11.6. The van der Waals surface area contributed by atoms with E-state index in [1.54, 1.807) is 0 Å². The molecule has 1 fully saturated rings. The van der Waals surface area contributed by atoms with Crippen LogP contribution in [0.1, 0.15) is 5.56 Å². The van der Waals surface area contributed by atoms with Crippen LogP contribution in [-0.2, 0) is 10.7 Å². The highest BCUT2D eigenvalue weighted by Gasteiger charge is 2.55. The highest BCUT2D eigenvalue weighted by molar-refractivity contribution is 5.35. The summed E-state index contributed by atoms with van der Waals surface area (Å²) < 4.78 is 33.8. The van der Waals surface area contributed by atoms with Crippen LogP contribution in [0.3, 0.4) is 0 Å². The highest BCUT2D eigenvalue weighted by Crippen LogP contribution is 2.39. The minimum absolute atomic E-state index is 0.390. The molecule has 0 bridgehead atoms. The third kappa shape index (κ3) is 3.16. The number of non-ortho nitro benzene ring substituents is 1. The van der Waals surface area contributed by atoms with E-state index >= 15 is 0 Å². The zero-order valence-electron chi connectivity index (χ0n) is 11.6. The second-order valence-electron chi connectivity index (χ2n) is 5.18. The van der Waals surface area contributed by atoms with Crippen molar-refractivity contribution in [3.05, 3.63) is 39.9 Å². The molecule has 0 amide bonds. The number of nitrogens with zero attached hydrogens (tertiary/aromatic N) is 1. The number of aliphatic hydroxyl groups is 4. The van der Waals surface area contributed by atoms with E-state index in [9.17, 15) is 34.2 Å². The average molecular weight is 335 g/mol. The Balaban J connectivity index is 2.31. The molecular weight excluding hydrogens is 320 g/mol. The first-order valence-corrected chi connectivity index (χ1v) is 6.63. The van der Waals surface area contributed by atoms with Gasteiger partial charge in [-0.25, -0.2) is 0 Å². The van der Waals surface area contributed by atoms with Gasteiger partial charge < -0.3 is 25.2 Å². The SMILES string of the molecule is O=[N+]([O-])c1ccc(C(F)(F)[C@@H]2O[C@H](CO)[C@@H](O)[C@H](O)[C@@H]2O)cc1. The van der Waals surface area contributed by atoms with E-state index < -0.39 is 59.2 Å². The molecule has 1 aromatic rings. The monoisotopic (exact) mass is 335 g/mol. The van der Waals surface area contributed by atoms with Gasteiger partial charge in [-0.1, -0.05) is 0 Å². The fraction of sp³-hybridized carbons (Fsp3) is 0.538. The van der Waals surface area contributed by atoms with E-state index in [0.29, 0.717) is 0 Å². The van der Waals surface area contributed by atoms with Gasteiger partial charge in [0, 0.05) is 17.7 Å². The van der Waals surface area contributed by atoms with Crippen molar-refractivity contribution in [2.24, 2.45) is 0 Å². The lowest BCUT2D eigenvalue weighted by molar-refractivity contribution is -0.384. The minimum Gasteiger partial charge on any atom is -0.394 e. The summed E-state index contributed by atoms with van der Waals surface area (Å²) >= 11 is 0. The molecule has 0 unspecified atom stereocenters. The van der Waals surface area contributed by atoms with Crippen LogP contribution in [0.5, 0.6) is 0 Å². The molecule has 0 spiro atoms. The van der Waals surface area contributed by atoms with Gasteiger partial charge in [0.1, 0.15) is 24.4 Å². The number of ether oxygens (including phenoxy) is 1. The number of hydrogen-bond donors (Lipinski definition) is 4. The number of alkyl halides is 2. The van der Waals surface area contributed by atoms with Crippen LogP contribution in [0, 0.1) is 10.1 Å². The first kappa shape index (κ1) is 17.6. The van der Waals surface area contributed by atoms with Crippen molar-refractivity contribution in [3.63, 3.8) is 0 Å². The standard InChI is InChI=1S/C13H15F2NO7/c14-13(15,6-1-3-7(4-2-6)16(21)22)12-11(20)10(19)9(18)8(5-17)23-12/h1-4,8-12,17-20H,5H2/t8-,9-,10+,11+,12-/m1/s1. The molecule has 23 heavy (non-hydrogen) atoms. The molecule has 5 atom stereocenters. The van der Waals surface area contributed by atoms with E-state index in [2.05, 4.69) is 0 Å². The van der Waals surface area contributed by atoms with Gasteiger partial charge in [-0.2, -0.15) is 8.78 Å². The summed E-state index contributed by atoms with van der Waals surface area (Å²) in [6, 6.07) is 3.35. The molecule has 1 saturated heterocycles. The lowest BCUT2D eigenvalue weighted by Crippen LogP contribution is -2.62. The maximum atomic E-state index is 14.5. The Morgan fingerprint density at radius 3 is 2.17 bits per heavy atom. The molecule has 0 saturated carbocycles. The molecule has 1 heterocycles. The summed E-state index contributed by atoms with van der Waals surface area (Å²) in [4.78, 5) is 9.79. The smallest absolute Gasteiger partial charge is 0.301 e. The molecule has 10 heteroatoms. The second kappa shape index (κ2) is 6.42. The molecule has 1 aliphatic rings. The Bertz CT molecular complexity index is 566. The third-order valence-electron chi connectivity index (χ3n) is 3.71. The summed E-state index contributed by atoms with van der Waals surface area (Å²) in [7, 11) is 0. The Kier molecular flexibility index (Phi) is 4.92. The number of nitro groups is 1. The highest BCUT2D eigenvalue weighted by atomic mass is 19.3. The average Bonchev–Trinajstić information content (AvgIpc) is 2.52. The van der Waals surface area contributed by atoms with Crippen LogP contribution in [0.2, 0.25) is 0 Å². The van der Waals surface area contributed by atoms with Crippen molar-refractivity contribution in [3.8, 4) is 0 Å². The van der Waals surface area contributed by atoms with Crippen LogP contribution in [-0.4, -0.2) is 62.5 Å². The Labute approximate surface area is 128 Å². The minimum atomic E-state index is -3.82. The molecule has 0 aromatic heterocycles. The number of aliphatic hydroxyl groups excluding tert-OH is 4. The lowest BCUT2D eigenvalue weighted by Gasteiger charge is -2.42. The zero-order chi connectivity index (χ0) is 17.4. The second-order valence-corrected chi connectivity index (χ2v) is 5.18. The molecule has 2 rings (SSSR count). The summed E-state index contributed by atoms with van der Waals surface area (Å²) in [6.07, 6.45) is -9.51. The molecule has 128 valence electrons. The molecular formula is C13H15F2NO7. The van der Waals surface area contributed by atoms with E-state index in [4.69, 9.17) is 9.84 Å². The molecule has 0 aliphatic carbocycles. The molecule has 8 nitrogen and oxygen atoms in total. The van der Waals surface area contributed by atoms with Gasteiger partial charge in [0.2, 0.25) is 0 Å². The van der Waals surface area contributed by atoms with Gasteiger partial charge in [-0.3, -0.25) is 10.1 Å². The lowest BCUT2D eigenvalue weighted by atomic mass is 9.89. The van der Waals surface area contributed by atoms with Crippen molar-refractivity contribution < 1.29 is 38.9 Å². The summed E-state index contributed by atoms with van der Waals surface area (Å²) in [5, 5.41) is 48.5. The maximum Gasteiger partial charge on any atom is 0.301 e. The Morgan fingerprint density at radius 2 is 1.70 bits per heavy atom. The normalized spacial score (nSPS) is 31.8. The molecule has 1 aromatic carbocycles. The quantitative estimate of drug-likeness (QED) is 0.432. The van der Waals surface area contributed by atoms with Gasteiger partial charge in [-0.05, 0) is 12.1 Å². The molecule has 1 aliphatic heterocycles. The first-order chi connectivity index (χ1) is 10.7. The Morgan fingerprint density at radius 1 is 1.13 bits per heavy atom. The van der Waals surface area contributed by atoms with Crippen molar-refractivity contribution in [2.75, 3.05) is 6.61 Å². The predicted octanol–water partition coefficient (Wildman–Crippen LogP) is -0.471. The van der Waals surface area contributed by atoms with Crippen molar-refractivity contribution in [1.82, 2.24) is 0 Å². The van der Waals surface area contributed by atoms with Gasteiger partial charge in [0.25, 0.3) is 5.69 Å². The largest absolute Gasteiger partial charge is 0.394 e. The Hall–Kier alpha value is -1.72. The predicted molar refractivity (Wildman–Crippen MR) is 70.8 cm³/mol. The first-order valence-electron chi connectivity index (χ1n) is 6.63. The summed E-state index contributed by atoms with van der Waals surface area (Å²) in [5.74, 6) is -3.82. The molecule has 4 N–H and O–H groups in total. The van der Waals surface area contributed by atoms with E-state index in [-0.39, 0.29) is 0 Å². The van der Waals surface area contributed by atoms with Crippen molar-refractivity contribution in [1.29, 1.82) is 0 Å². The third-order valence-corrected chi connectivity index (χ3v) is 3.71. The number of rotatable bonds is 4. The fourth-order valence-electron chi connectivity index (χ4n) is 2.37. The summed E-state index contributed by atoms with van der Waals surface area (Å²) in [5.41, 5.74) is -1.06. The van der Waals surface area contributed by atoms with E-state index in [1.165, 1.54) is 0 Å². The molecule has 0 radical (unpaired) electrons. The van der Waals surface area contributed by atoms with Crippen LogP contribution in [0.4, 0.5) is 14.5 Å². The number of nitro benzene ring substituents is 1. The van der Waals surface area contributed by atoms with Gasteiger partial charge in [-0.15, -0.1) is 0 Å². The van der Waals surface area contributed by atoms with Gasteiger partial charge in [0.15, 0.2) is 6.10 Å². The van der Waals surface area contributed by atoms with Gasteiger partial charge in [0.05, 0.1) is 11.5 Å². The number of halogens is 2. The number of benzene rings is 1. The fourth-order valence-corrected chi connectivity index (χ4v) is 2.37. The van der Waals surface area contributed by atoms with E-state index in [1.807, 2.05) is 0 Å². The van der Waals surface area contributed by atoms with Crippen LogP contribution in [0.25, 0.3) is 0 Å². The number of hydrogen-bond acceptors (Lipinski definition) is 7. The van der Waals surface area contributed by atoms with Crippen LogP contribution in [0.15, 0.2) is 24.3 Å².